The SMILES string of the molecule is CC(C)=CCCC(C)(OC1OC(CO)C(O)C(OC2OC(C)C(O)C(O)C2O)C1OC1OC(C)C(O)C(O)C1O)C1CCC2(C)C1C(O)CC1C3(C)CCC(O)C(C)(C)C3CCC12C. The summed E-state index contributed by atoms with van der Waals surface area (Å²) in [5.74, 6) is 0.0947. The fraction of sp³-hybridized carbons (Fsp3) is 0.958. The van der Waals surface area contributed by atoms with E-state index >= 15 is 0 Å². The molecule has 370 valence electrons. The number of hydrogen-bond donors (Lipinski definition) is 10. The Balaban J connectivity index is 1.26. The average Bonchev–Trinajstić information content (AvgIpc) is 3.62. The average molecular weight is 915 g/mol. The van der Waals surface area contributed by atoms with Crippen molar-refractivity contribution in [2.24, 2.45) is 45.3 Å². The normalized spacial score (nSPS) is 53.7. The molecule has 0 bridgehead atoms. The second-order valence-electron chi connectivity index (χ2n) is 22.9. The van der Waals surface area contributed by atoms with E-state index in [1.165, 1.54) is 13.8 Å². The van der Waals surface area contributed by atoms with Gasteiger partial charge >= 0.3 is 0 Å². The van der Waals surface area contributed by atoms with Crippen LogP contribution in [0.25, 0.3) is 0 Å². The van der Waals surface area contributed by atoms with Crippen molar-refractivity contribution >= 4 is 0 Å². The van der Waals surface area contributed by atoms with Gasteiger partial charge in [0.05, 0.1) is 36.6 Å². The molecular formula is C48H82O16. The molecule has 3 saturated heterocycles. The smallest absolute Gasteiger partial charge is 0.187 e. The van der Waals surface area contributed by atoms with Crippen molar-refractivity contribution in [3.63, 3.8) is 0 Å². The second-order valence-corrected chi connectivity index (χ2v) is 22.9. The summed E-state index contributed by atoms with van der Waals surface area (Å²) in [4.78, 5) is 0. The number of aliphatic hydroxyl groups excluding tert-OH is 10. The Morgan fingerprint density at radius 1 is 0.656 bits per heavy atom. The minimum Gasteiger partial charge on any atom is -0.394 e. The Labute approximate surface area is 379 Å². The Hall–Kier alpha value is -0.900. The standard InChI is InChI=1S/C48H82O16/c1-22(2)12-11-16-48(10,25-13-18-47(9)31(25)26(50)20-29-45(7)17-15-30(51)44(5,6)28(45)14-19-46(29,47)8)64-43-40(63-42-38(58)36(56)33(53)24(4)60-42)39(34(54)27(21-49)61-43)62-41-37(57)35(55)32(52)23(3)59-41/h12,23-43,49-58H,11,13-21H2,1-10H3. The lowest BCUT2D eigenvalue weighted by Crippen LogP contribution is -2.68. The number of allylic oxidation sites excluding steroid dienone is 2. The van der Waals surface area contributed by atoms with Gasteiger partial charge in [-0.15, -0.1) is 0 Å². The van der Waals surface area contributed by atoms with E-state index in [-0.39, 0.29) is 45.5 Å². The van der Waals surface area contributed by atoms with Gasteiger partial charge in [0.1, 0.15) is 61.0 Å². The molecule has 4 aliphatic carbocycles. The van der Waals surface area contributed by atoms with E-state index in [2.05, 4.69) is 40.7 Å². The lowest BCUT2D eigenvalue weighted by atomic mass is 9.35. The van der Waals surface area contributed by atoms with Crippen LogP contribution >= 0.6 is 0 Å². The Morgan fingerprint density at radius 3 is 1.78 bits per heavy atom. The number of hydrogen-bond acceptors (Lipinski definition) is 16. The Morgan fingerprint density at radius 2 is 1.22 bits per heavy atom. The van der Waals surface area contributed by atoms with Gasteiger partial charge in [-0.05, 0) is 138 Å². The topological polar surface area (TPSA) is 258 Å². The molecule has 16 heteroatoms. The number of aliphatic hydroxyl groups is 10. The van der Waals surface area contributed by atoms with Gasteiger partial charge in [-0.1, -0.05) is 46.3 Å². The maximum atomic E-state index is 12.7. The predicted octanol–water partition coefficient (Wildman–Crippen LogP) is 2.03. The quantitative estimate of drug-likeness (QED) is 0.133. The van der Waals surface area contributed by atoms with Crippen LogP contribution in [-0.4, -0.2) is 168 Å². The minimum absolute atomic E-state index is 0.0733. The van der Waals surface area contributed by atoms with E-state index in [0.717, 1.165) is 37.7 Å². The van der Waals surface area contributed by atoms with Crippen molar-refractivity contribution in [1.82, 2.24) is 0 Å². The van der Waals surface area contributed by atoms with E-state index in [1.807, 2.05) is 20.8 Å². The summed E-state index contributed by atoms with van der Waals surface area (Å²) in [7, 11) is 0. The molecule has 25 unspecified atom stereocenters. The predicted molar refractivity (Wildman–Crippen MR) is 231 cm³/mol. The van der Waals surface area contributed by atoms with Crippen molar-refractivity contribution in [2.45, 2.75) is 237 Å². The summed E-state index contributed by atoms with van der Waals surface area (Å²) in [6.45, 7) is 19.9. The molecule has 25 atom stereocenters. The molecule has 0 aromatic heterocycles. The van der Waals surface area contributed by atoms with E-state index in [9.17, 15) is 51.1 Å². The lowest BCUT2D eigenvalue weighted by molar-refractivity contribution is -0.400. The van der Waals surface area contributed by atoms with Crippen LogP contribution in [0.1, 0.15) is 127 Å². The molecule has 7 rings (SSSR count). The molecule has 3 heterocycles. The Kier molecular flexibility index (Phi) is 14.7. The molecule has 7 fully saturated rings. The van der Waals surface area contributed by atoms with Gasteiger partial charge in [-0.2, -0.15) is 0 Å². The van der Waals surface area contributed by atoms with E-state index in [0.29, 0.717) is 31.6 Å². The van der Waals surface area contributed by atoms with Crippen molar-refractivity contribution in [1.29, 1.82) is 0 Å². The zero-order valence-corrected chi connectivity index (χ0v) is 39.7. The largest absolute Gasteiger partial charge is 0.394 e. The summed E-state index contributed by atoms with van der Waals surface area (Å²) in [5.41, 5.74) is -0.730. The fourth-order valence-corrected chi connectivity index (χ4v) is 14.7. The highest BCUT2D eigenvalue weighted by Gasteiger charge is 2.72. The molecule has 0 aromatic carbocycles. The zero-order valence-electron chi connectivity index (χ0n) is 39.7. The fourth-order valence-electron chi connectivity index (χ4n) is 14.7. The molecule has 3 aliphatic heterocycles. The molecular weight excluding hydrogens is 833 g/mol. The first kappa shape index (κ1) is 51.0. The molecule has 0 amide bonds. The third-order valence-electron chi connectivity index (χ3n) is 18.7. The van der Waals surface area contributed by atoms with Crippen molar-refractivity contribution < 1.29 is 79.5 Å². The van der Waals surface area contributed by atoms with Crippen LogP contribution in [0.15, 0.2) is 11.6 Å². The van der Waals surface area contributed by atoms with Crippen LogP contribution in [0.5, 0.6) is 0 Å². The molecule has 0 radical (unpaired) electrons. The summed E-state index contributed by atoms with van der Waals surface area (Å²) in [5, 5.41) is 111. The maximum absolute atomic E-state index is 12.7. The van der Waals surface area contributed by atoms with Crippen LogP contribution in [0, 0.1) is 45.3 Å². The zero-order chi connectivity index (χ0) is 47.2. The maximum Gasteiger partial charge on any atom is 0.187 e. The van der Waals surface area contributed by atoms with Gasteiger partial charge in [-0.25, -0.2) is 0 Å². The van der Waals surface area contributed by atoms with Crippen molar-refractivity contribution in [3.8, 4) is 0 Å². The molecule has 64 heavy (non-hydrogen) atoms. The summed E-state index contributed by atoms with van der Waals surface area (Å²) in [6, 6.07) is 0. The molecule has 7 aliphatic rings. The molecule has 10 N–H and O–H groups in total. The van der Waals surface area contributed by atoms with Crippen LogP contribution in [0.4, 0.5) is 0 Å². The molecule has 4 saturated carbocycles. The van der Waals surface area contributed by atoms with Gasteiger partial charge in [-0.3, -0.25) is 0 Å². The third kappa shape index (κ3) is 8.40. The molecule has 16 nitrogen and oxygen atoms in total. The van der Waals surface area contributed by atoms with E-state index in [4.69, 9.17) is 28.4 Å². The van der Waals surface area contributed by atoms with Crippen LogP contribution in [0.3, 0.4) is 0 Å². The first-order valence-electron chi connectivity index (χ1n) is 24.1. The van der Waals surface area contributed by atoms with Crippen molar-refractivity contribution in [2.75, 3.05) is 6.61 Å². The monoisotopic (exact) mass is 915 g/mol. The highest BCUT2D eigenvalue weighted by Crippen LogP contribution is 2.76. The Bertz CT molecular complexity index is 1650. The van der Waals surface area contributed by atoms with Gasteiger partial charge in [0.2, 0.25) is 0 Å². The van der Waals surface area contributed by atoms with Crippen LogP contribution < -0.4 is 0 Å². The summed E-state index contributed by atoms with van der Waals surface area (Å²) >= 11 is 0. The molecule has 0 spiro atoms. The van der Waals surface area contributed by atoms with Gasteiger partial charge in [0.25, 0.3) is 0 Å². The second kappa shape index (κ2) is 18.4. The molecule has 0 aromatic rings. The summed E-state index contributed by atoms with van der Waals surface area (Å²) in [6.07, 6.45) is -14.8. The highest BCUT2D eigenvalue weighted by molar-refractivity contribution is 5.20. The first-order valence-corrected chi connectivity index (χ1v) is 24.1. The highest BCUT2D eigenvalue weighted by atomic mass is 16.8. The number of rotatable bonds is 11. The van der Waals surface area contributed by atoms with Crippen LogP contribution in [0.2, 0.25) is 0 Å². The van der Waals surface area contributed by atoms with Gasteiger partial charge in [0.15, 0.2) is 18.9 Å². The minimum atomic E-state index is -1.78. The summed E-state index contributed by atoms with van der Waals surface area (Å²) < 4.78 is 38.1. The third-order valence-corrected chi connectivity index (χ3v) is 18.7. The first-order chi connectivity index (χ1) is 29.8. The van der Waals surface area contributed by atoms with Crippen molar-refractivity contribution in [3.05, 3.63) is 11.6 Å². The van der Waals surface area contributed by atoms with Crippen LogP contribution in [-0.2, 0) is 28.4 Å². The lowest BCUT2D eigenvalue weighted by Gasteiger charge is -2.70. The number of ether oxygens (including phenoxy) is 6. The van der Waals surface area contributed by atoms with Gasteiger partial charge in [0, 0.05) is 0 Å². The van der Waals surface area contributed by atoms with Gasteiger partial charge < -0.3 is 79.5 Å². The van der Waals surface area contributed by atoms with E-state index in [1.54, 1.807) is 0 Å². The van der Waals surface area contributed by atoms with E-state index < -0.39 is 110 Å². The number of fused-ring (bicyclic) bond motifs is 5.